The Morgan fingerprint density at radius 3 is 1.88 bits per heavy atom. The van der Waals surface area contributed by atoms with E-state index in [0.29, 0.717) is 0 Å². The molecule has 3 heteroatoms. The Morgan fingerprint density at radius 2 is 1.47 bits per heavy atom. The van der Waals surface area contributed by atoms with Crippen molar-refractivity contribution < 1.29 is 9.84 Å². The third-order valence-corrected chi connectivity index (χ3v) is 2.15. The zero-order valence-corrected chi connectivity index (χ0v) is 10.1. The first-order chi connectivity index (χ1) is 8.11. The van der Waals surface area contributed by atoms with Crippen molar-refractivity contribution in [1.82, 2.24) is 0 Å². The zero-order chi connectivity index (χ0) is 12.7. The van der Waals surface area contributed by atoms with Crippen LogP contribution in [-0.2, 0) is 0 Å². The molecule has 0 fully saturated rings. The lowest BCUT2D eigenvalue weighted by molar-refractivity contribution is 0.412. The second-order valence-electron chi connectivity index (χ2n) is 3.61. The maximum absolute atomic E-state index is 8.80. The molecule has 0 spiro atoms. The number of aromatic hydroxyl groups is 1. The summed E-state index contributed by atoms with van der Waals surface area (Å²) in [6, 6.07) is 14.4. The highest BCUT2D eigenvalue weighted by molar-refractivity contribution is 5.38. The first-order valence-corrected chi connectivity index (χ1v) is 5.27. The summed E-state index contributed by atoms with van der Waals surface area (Å²) >= 11 is 0. The molecule has 3 N–H and O–H groups in total. The monoisotopic (exact) mass is 231 g/mol. The quantitative estimate of drug-likeness (QED) is 0.742. The van der Waals surface area contributed by atoms with E-state index in [9.17, 15) is 0 Å². The van der Waals surface area contributed by atoms with Crippen LogP contribution in [-0.4, -0.2) is 12.2 Å². The minimum atomic E-state index is 0.260. The first-order valence-electron chi connectivity index (χ1n) is 5.27. The van der Waals surface area contributed by atoms with E-state index in [4.69, 9.17) is 15.6 Å². The van der Waals surface area contributed by atoms with Crippen molar-refractivity contribution in [1.29, 1.82) is 0 Å². The van der Waals surface area contributed by atoms with E-state index < -0.39 is 0 Å². The van der Waals surface area contributed by atoms with E-state index in [1.807, 2.05) is 31.2 Å². The highest BCUT2D eigenvalue weighted by Crippen LogP contribution is 2.14. The molecule has 0 unspecified atom stereocenters. The molecule has 0 aliphatic rings. The highest BCUT2D eigenvalue weighted by Gasteiger charge is 1.87. The van der Waals surface area contributed by atoms with Crippen LogP contribution < -0.4 is 10.5 Å². The Labute approximate surface area is 101 Å². The van der Waals surface area contributed by atoms with Crippen molar-refractivity contribution in [2.45, 2.75) is 6.92 Å². The van der Waals surface area contributed by atoms with Crippen LogP contribution in [0.1, 0.15) is 5.56 Å². The van der Waals surface area contributed by atoms with Crippen molar-refractivity contribution in [2.24, 2.45) is 0 Å². The highest BCUT2D eigenvalue weighted by atomic mass is 16.5. The average molecular weight is 231 g/mol. The van der Waals surface area contributed by atoms with Crippen LogP contribution >= 0.6 is 0 Å². The Bertz CT molecular complexity index is 414. The maximum atomic E-state index is 8.80. The number of nitrogens with two attached hydrogens (primary N) is 1. The van der Waals surface area contributed by atoms with Gasteiger partial charge < -0.3 is 15.6 Å². The van der Waals surface area contributed by atoms with E-state index in [2.05, 4.69) is 0 Å². The molecule has 0 aliphatic carbocycles. The van der Waals surface area contributed by atoms with Crippen molar-refractivity contribution in [2.75, 3.05) is 12.8 Å². The first kappa shape index (κ1) is 12.9. The van der Waals surface area contributed by atoms with Crippen molar-refractivity contribution in [3.05, 3.63) is 54.1 Å². The van der Waals surface area contributed by atoms with Gasteiger partial charge in [0.05, 0.1) is 7.11 Å². The predicted molar refractivity (Wildman–Crippen MR) is 70.3 cm³/mol. The number of hydrogen-bond acceptors (Lipinski definition) is 3. The molecule has 0 heterocycles. The second kappa shape index (κ2) is 6.43. The van der Waals surface area contributed by atoms with Crippen LogP contribution in [0.15, 0.2) is 48.5 Å². The van der Waals surface area contributed by atoms with Crippen LogP contribution in [0.25, 0.3) is 0 Å². The average Bonchev–Trinajstić information content (AvgIpc) is 2.35. The number of aryl methyl sites for hydroxylation is 1. The number of rotatable bonds is 1. The lowest BCUT2D eigenvalue weighted by Gasteiger charge is -1.96. The van der Waals surface area contributed by atoms with Gasteiger partial charge in [0.25, 0.3) is 0 Å². The number of phenolic OH excluding ortho intramolecular Hbond substituents is 1. The van der Waals surface area contributed by atoms with Gasteiger partial charge in [0, 0.05) is 5.69 Å². The lowest BCUT2D eigenvalue weighted by Crippen LogP contribution is -1.81. The van der Waals surface area contributed by atoms with Crippen molar-refractivity contribution >= 4 is 5.69 Å². The SMILES string of the molecule is COc1ccc(O)cc1.Cc1ccc(N)cc1. The molecule has 0 aromatic heterocycles. The molecule has 90 valence electrons. The number of ether oxygens (including phenoxy) is 1. The van der Waals surface area contributed by atoms with Gasteiger partial charge in [0.1, 0.15) is 11.5 Å². The normalized spacial score (nSPS) is 9.06. The summed E-state index contributed by atoms with van der Waals surface area (Å²) in [5, 5.41) is 8.80. The summed E-state index contributed by atoms with van der Waals surface area (Å²) in [6.07, 6.45) is 0. The van der Waals surface area contributed by atoms with E-state index in [-0.39, 0.29) is 5.75 Å². The number of anilines is 1. The second-order valence-corrected chi connectivity index (χ2v) is 3.61. The molecule has 2 aromatic rings. The third kappa shape index (κ3) is 4.93. The van der Waals surface area contributed by atoms with Gasteiger partial charge in [0.15, 0.2) is 0 Å². The molecule has 0 saturated heterocycles. The Balaban J connectivity index is 0.000000171. The lowest BCUT2D eigenvalue weighted by atomic mass is 10.2. The number of methoxy groups -OCH3 is 1. The Kier molecular flexibility index (Phi) is 4.88. The van der Waals surface area contributed by atoms with Crippen molar-refractivity contribution in [3.8, 4) is 11.5 Å². The van der Waals surface area contributed by atoms with Gasteiger partial charge in [-0.25, -0.2) is 0 Å². The molecule has 2 aromatic carbocycles. The van der Waals surface area contributed by atoms with Gasteiger partial charge in [-0.1, -0.05) is 17.7 Å². The van der Waals surface area contributed by atoms with E-state index in [1.165, 1.54) is 5.56 Å². The third-order valence-electron chi connectivity index (χ3n) is 2.15. The molecule has 17 heavy (non-hydrogen) atoms. The summed E-state index contributed by atoms with van der Waals surface area (Å²) in [7, 11) is 1.59. The van der Waals surface area contributed by atoms with E-state index in [1.54, 1.807) is 31.4 Å². The van der Waals surface area contributed by atoms with Crippen LogP contribution in [0.4, 0.5) is 5.69 Å². The standard InChI is InChI=1S/C7H9N.C7H8O2/c1-6-2-4-7(8)5-3-6;1-9-7-4-2-6(8)3-5-7/h2-5H,8H2,1H3;2-5,8H,1H3. The summed E-state index contributed by atoms with van der Waals surface area (Å²) < 4.78 is 4.86. The zero-order valence-electron chi connectivity index (χ0n) is 10.1. The summed E-state index contributed by atoms with van der Waals surface area (Å²) in [6.45, 7) is 2.04. The van der Waals surface area contributed by atoms with Crippen LogP contribution in [0.3, 0.4) is 0 Å². The van der Waals surface area contributed by atoms with Crippen molar-refractivity contribution in [3.63, 3.8) is 0 Å². The minimum absolute atomic E-state index is 0.260. The summed E-state index contributed by atoms with van der Waals surface area (Å²) in [4.78, 5) is 0. The minimum Gasteiger partial charge on any atom is -0.508 e. The molecular weight excluding hydrogens is 214 g/mol. The molecule has 0 radical (unpaired) electrons. The Morgan fingerprint density at radius 1 is 0.941 bits per heavy atom. The molecule has 2 rings (SSSR count). The van der Waals surface area contributed by atoms with Gasteiger partial charge >= 0.3 is 0 Å². The smallest absolute Gasteiger partial charge is 0.119 e. The molecule has 0 aliphatic heterocycles. The predicted octanol–water partition coefficient (Wildman–Crippen LogP) is 2.98. The van der Waals surface area contributed by atoms with Gasteiger partial charge in [-0.3, -0.25) is 0 Å². The van der Waals surface area contributed by atoms with Crippen LogP contribution in [0, 0.1) is 6.92 Å². The molecule has 3 nitrogen and oxygen atoms in total. The van der Waals surface area contributed by atoms with Crippen LogP contribution in [0.2, 0.25) is 0 Å². The summed E-state index contributed by atoms with van der Waals surface area (Å²) in [5.41, 5.74) is 7.51. The van der Waals surface area contributed by atoms with E-state index >= 15 is 0 Å². The van der Waals surface area contributed by atoms with Gasteiger partial charge in [-0.05, 0) is 43.3 Å². The molecule has 0 amide bonds. The van der Waals surface area contributed by atoms with Crippen LogP contribution in [0.5, 0.6) is 11.5 Å². The fourth-order valence-electron chi connectivity index (χ4n) is 1.15. The molecule has 0 saturated carbocycles. The molecule has 0 bridgehead atoms. The van der Waals surface area contributed by atoms with Gasteiger partial charge in [0.2, 0.25) is 0 Å². The largest absolute Gasteiger partial charge is 0.508 e. The number of phenols is 1. The fraction of sp³-hybridized carbons (Fsp3) is 0.143. The molecular formula is C14H17NO2. The Hall–Kier alpha value is -2.16. The maximum Gasteiger partial charge on any atom is 0.119 e. The number of hydrogen-bond donors (Lipinski definition) is 2. The number of nitrogen functional groups attached to an aromatic ring is 1. The topological polar surface area (TPSA) is 55.5 Å². The number of benzene rings is 2. The fourth-order valence-corrected chi connectivity index (χ4v) is 1.15. The molecule has 0 atom stereocenters. The van der Waals surface area contributed by atoms with E-state index in [0.717, 1.165) is 11.4 Å². The van der Waals surface area contributed by atoms with Gasteiger partial charge in [-0.15, -0.1) is 0 Å². The summed E-state index contributed by atoms with van der Waals surface area (Å²) in [5.74, 6) is 1.02. The van der Waals surface area contributed by atoms with Gasteiger partial charge in [-0.2, -0.15) is 0 Å².